The van der Waals surface area contributed by atoms with Gasteiger partial charge in [-0.3, -0.25) is 4.79 Å². The number of hydrogen-bond acceptors (Lipinski definition) is 4. The van der Waals surface area contributed by atoms with E-state index in [4.69, 9.17) is 9.47 Å². The van der Waals surface area contributed by atoms with E-state index < -0.39 is 6.29 Å². The second-order valence-corrected chi connectivity index (χ2v) is 4.58. The van der Waals surface area contributed by atoms with Gasteiger partial charge in [0.25, 0.3) is 0 Å². The van der Waals surface area contributed by atoms with Crippen molar-refractivity contribution in [1.29, 1.82) is 0 Å². The second-order valence-electron chi connectivity index (χ2n) is 4.58. The molecule has 1 aliphatic rings. The van der Waals surface area contributed by atoms with Crippen molar-refractivity contribution in [3.05, 3.63) is 35.9 Å². The summed E-state index contributed by atoms with van der Waals surface area (Å²) in [6, 6.07) is 9.94. The number of ether oxygens (including phenoxy) is 2. The molecular weight excluding hydrogens is 232 g/mol. The molecule has 0 aliphatic carbocycles. The summed E-state index contributed by atoms with van der Waals surface area (Å²) in [5, 5.41) is 9.56. The Morgan fingerprint density at radius 1 is 1.44 bits per heavy atom. The lowest BCUT2D eigenvalue weighted by molar-refractivity contribution is -0.157. The molecule has 1 aliphatic heterocycles. The van der Waals surface area contributed by atoms with Crippen molar-refractivity contribution in [2.24, 2.45) is 5.92 Å². The van der Waals surface area contributed by atoms with Crippen LogP contribution in [0.3, 0.4) is 0 Å². The van der Waals surface area contributed by atoms with Gasteiger partial charge in [0, 0.05) is 18.8 Å². The number of hydrogen-bond donors (Lipinski definition) is 1. The summed E-state index contributed by atoms with van der Waals surface area (Å²) in [4.78, 5) is 11.4. The van der Waals surface area contributed by atoms with Gasteiger partial charge in [-0.2, -0.15) is 0 Å². The van der Waals surface area contributed by atoms with E-state index >= 15 is 0 Å². The maximum atomic E-state index is 11.4. The highest BCUT2D eigenvalue weighted by atomic mass is 16.6. The molecule has 0 spiro atoms. The van der Waals surface area contributed by atoms with Crippen LogP contribution in [0.1, 0.15) is 24.3 Å². The SMILES string of the molecule is COC(=O)C[C@H]1CC(O)OC[C@@H]1c1ccccc1. The van der Waals surface area contributed by atoms with Crippen molar-refractivity contribution >= 4 is 5.97 Å². The minimum Gasteiger partial charge on any atom is -0.469 e. The zero-order valence-electron chi connectivity index (χ0n) is 10.4. The van der Waals surface area contributed by atoms with Gasteiger partial charge in [-0.15, -0.1) is 0 Å². The van der Waals surface area contributed by atoms with Crippen LogP contribution < -0.4 is 0 Å². The summed E-state index contributed by atoms with van der Waals surface area (Å²) in [5.74, 6) is -0.0488. The van der Waals surface area contributed by atoms with Crippen LogP contribution in [0.15, 0.2) is 30.3 Å². The van der Waals surface area contributed by atoms with Crippen LogP contribution in [-0.4, -0.2) is 31.1 Å². The highest BCUT2D eigenvalue weighted by Gasteiger charge is 2.33. The standard InChI is InChI=1S/C14H18O4/c1-17-13(15)7-11-8-14(16)18-9-12(11)10-5-3-2-4-6-10/h2-6,11-12,14,16H,7-9H2,1H3/t11-,12+,14?/m0/s1. The van der Waals surface area contributed by atoms with Gasteiger partial charge in [-0.1, -0.05) is 30.3 Å². The Balaban J connectivity index is 2.13. The minimum atomic E-state index is -0.778. The molecule has 98 valence electrons. The molecular formula is C14H18O4. The average molecular weight is 250 g/mol. The Labute approximate surface area is 107 Å². The van der Waals surface area contributed by atoms with Crippen LogP contribution in [0.5, 0.6) is 0 Å². The molecule has 2 rings (SSSR count). The number of benzene rings is 1. The third kappa shape index (κ3) is 3.09. The molecule has 0 amide bonds. The number of esters is 1. The highest BCUT2D eigenvalue weighted by molar-refractivity contribution is 5.69. The van der Waals surface area contributed by atoms with Crippen molar-refractivity contribution in [2.45, 2.75) is 25.0 Å². The molecule has 1 N–H and O–H groups in total. The lowest BCUT2D eigenvalue weighted by Crippen LogP contribution is -2.33. The van der Waals surface area contributed by atoms with Crippen molar-refractivity contribution < 1.29 is 19.4 Å². The molecule has 1 unspecified atom stereocenters. The minimum absolute atomic E-state index is 0.0589. The van der Waals surface area contributed by atoms with Crippen LogP contribution in [0.25, 0.3) is 0 Å². The number of carbonyl (C=O) groups is 1. The lowest BCUT2D eigenvalue weighted by Gasteiger charge is -2.34. The van der Waals surface area contributed by atoms with Crippen molar-refractivity contribution in [1.82, 2.24) is 0 Å². The second kappa shape index (κ2) is 5.98. The Morgan fingerprint density at radius 3 is 2.83 bits per heavy atom. The zero-order valence-corrected chi connectivity index (χ0v) is 10.4. The number of rotatable bonds is 3. The highest BCUT2D eigenvalue weighted by Crippen LogP contribution is 2.35. The fourth-order valence-corrected chi connectivity index (χ4v) is 2.43. The normalized spacial score (nSPS) is 27.8. The quantitative estimate of drug-likeness (QED) is 0.829. The van der Waals surface area contributed by atoms with E-state index in [0.717, 1.165) is 5.56 Å². The summed E-state index contributed by atoms with van der Waals surface area (Å²) < 4.78 is 10.0. The van der Waals surface area contributed by atoms with Gasteiger partial charge in [-0.25, -0.2) is 0 Å². The van der Waals surface area contributed by atoms with Gasteiger partial charge in [0.2, 0.25) is 0 Å². The molecule has 0 aromatic heterocycles. The van der Waals surface area contributed by atoms with E-state index in [0.29, 0.717) is 19.4 Å². The van der Waals surface area contributed by atoms with Gasteiger partial charge < -0.3 is 14.6 Å². The summed E-state index contributed by atoms with van der Waals surface area (Å²) in [5.41, 5.74) is 1.14. The lowest BCUT2D eigenvalue weighted by atomic mass is 9.80. The van der Waals surface area contributed by atoms with E-state index in [1.165, 1.54) is 7.11 Å². The number of carbonyl (C=O) groups excluding carboxylic acids is 1. The Morgan fingerprint density at radius 2 is 2.17 bits per heavy atom. The largest absolute Gasteiger partial charge is 0.469 e. The van der Waals surface area contributed by atoms with Crippen LogP contribution in [0, 0.1) is 5.92 Å². The van der Waals surface area contributed by atoms with Gasteiger partial charge in [0.05, 0.1) is 13.7 Å². The molecule has 3 atom stereocenters. The first-order valence-electron chi connectivity index (χ1n) is 6.12. The van der Waals surface area contributed by atoms with Crippen LogP contribution >= 0.6 is 0 Å². The average Bonchev–Trinajstić information content (AvgIpc) is 2.40. The molecule has 0 radical (unpaired) electrons. The maximum absolute atomic E-state index is 11.4. The van der Waals surface area contributed by atoms with Crippen LogP contribution in [0.4, 0.5) is 0 Å². The van der Waals surface area contributed by atoms with Gasteiger partial charge >= 0.3 is 5.97 Å². The van der Waals surface area contributed by atoms with Crippen molar-refractivity contribution in [3.63, 3.8) is 0 Å². The Bertz CT molecular complexity index is 390. The van der Waals surface area contributed by atoms with Crippen LogP contribution in [0.2, 0.25) is 0 Å². The monoisotopic (exact) mass is 250 g/mol. The van der Waals surface area contributed by atoms with E-state index in [1.807, 2.05) is 30.3 Å². The molecule has 4 nitrogen and oxygen atoms in total. The molecule has 1 heterocycles. The zero-order chi connectivity index (χ0) is 13.0. The predicted molar refractivity (Wildman–Crippen MR) is 65.9 cm³/mol. The van der Waals surface area contributed by atoms with E-state index in [1.54, 1.807) is 0 Å². The van der Waals surface area contributed by atoms with Crippen LogP contribution in [-0.2, 0) is 14.3 Å². The van der Waals surface area contributed by atoms with Gasteiger partial charge in [0.1, 0.15) is 0 Å². The fraction of sp³-hybridized carbons (Fsp3) is 0.500. The molecule has 1 aromatic carbocycles. The smallest absolute Gasteiger partial charge is 0.305 e. The summed E-state index contributed by atoms with van der Waals surface area (Å²) in [6.45, 7) is 0.437. The summed E-state index contributed by atoms with van der Waals surface area (Å²) in [7, 11) is 1.38. The fourth-order valence-electron chi connectivity index (χ4n) is 2.43. The first-order chi connectivity index (χ1) is 8.70. The predicted octanol–water partition coefficient (Wildman–Crippen LogP) is 1.69. The molecule has 1 fully saturated rings. The molecule has 4 heteroatoms. The number of aliphatic hydroxyl groups excluding tert-OH is 1. The maximum Gasteiger partial charge on any atom is 0.305 e. The van der Waals surface area contributed by atoms with E-state index in [9.17, 15) is 9.90 Å². The number of aliphatic hydroxyl groups is 1. The summed E-state index contributed by atoms with van der Waals surface area (Å²) in [6.07, 6.45) is 0.00475. The first kappa shape index (κ1) is 13.1. The van der Waals surface area contributed by atoms with Gasteiger partial charge in [-0.05, 0) is 11.5 Å². The van der Waals surface area contributed by atoms with E-state index in [2.05, 4.69) is 0 Å². The topological polar surface area (TPSA) is 55.8 Å². The molecule has 1 aromatic rings. The third-order valence-corrected chi connectivity index (χ3v) is 3.43. The number of methoxy groups -OCH3 is 1. The molecule has 0 saturated carbocycles. The Hall–Kier alpha value is -1.39. The van der Waals surface area contributed by atoms with E-state index in [-0.39, 0.29) is 17.8 Å². The molecule has 0 bridgehead atoms. The molecule has 1 saturated heterocycles. The molecule has 18 heavy (non-hydrogen) atoms. The summed E-state index contributed by atoms with van der Waals surface area (Å²) >= 11 is 0. The van der Waals surface area contributed by atoms with Gasteiger partial charge in [0.15, 0.2) is 6.29 Å². The first-order valence-corrected chi connectivity index (χ1v) is 6.12. The Kier molecular flexibility index (Phi) is 4.33. The van der Waals surface area contributed by atoms with Crippen molar-refractivity contribution in [2.75, 3.05) is 13.7 Å². The third-order valence-electron chi connectivity index (χ3n) is 3.43. The van der Waals surface area contributed by atoms with Crippen molar-refractivity contribution in [3.8, 4) is 0 Å².